The number of benzene rings is 1. The number of hydrogen-bond donors (Lipinski definition) is 0. The first kappa shape index (κ1) is 24.4. The predicted octanol–water partition coefficient (Wildman–Crippen LogP) is 6.43. The van der Waals surface area contributed by atoms with Crippen LogP contribution in [0, 0.1) is 0 Å². The molecule has 1 aromatic carbocycles. The van der Waals surface area contributed by atoms with Crippen LogP contribution in [0.2, 0.25) is 0 Å². The smallest absolute Gasteiger partial charge is 0.377 e. The van der Waals surface area contributed by atoms with Gasteiger partial charge in [0.15, 0.2) is 0 Å². The fraction of sp³-hybridized carbons (Fsp3) is 0.625. The number of methoxy groups -OCH3 is 1. The molecule has 0 amide bonds. The predicted molar refractivity (Wildman–Crippen MR) is 76.0 cm³/mol. The van der Waals surface area contributed by atoms with Crippen molar-refractivity contribution in [3.8, 4) is 0 Å². The first-order chi connectivity index (χ1) is 12.5. The Kier molecular flexibility index (Phi) is 6.70. The number of alkyl halides is 11. The van der Waals surface area contributed by atoms with Gasteiger partial charge in [-0.3, -0.25) is 0 Å². The van der Waals surface area contributed by atoms with Gasteiger partial charge in [-0.05, 0) is 17.5 Å². The Morgan fingerprint density at radius 1 is 0.750 bits per heavy atom. The molecular formula is C16H15F11O. The lowest BCUT2D eigenvalue weighted by Gasteiger charge is -2.38. The normalized spacial score (nSPS) is 15.6. The number of aryl methyl sites for hydroxylation is 1. The van der Waals surface area contributed by atoms with Crippen LogP contribution in [0.5, 0.6) is 0 Å². The van der Waals surface area contributed by atoms with Crippen molar-refractivity contribution >= 4 is 0 Å². The van der Waals surface area contributed by atoms with Gasteiger partial charge in [-0.1, -0.05) is 31.2 Å². The third kappa shape index (κ3) is 4.06. The molecule has 0 radical (unpaired) electrons. The van der Waals surface area contributed by atoms with Crippen molar-refractivity contribution in [1.29, 1.82) is 0 Å². The SMILES string of the molecule is CCc1ccc(C(CC(F)(F)C(F)(F)C(F)(F)C(F)(F)C(F)(F)F)OC)cc1. The Balaban J connectivity index is 3.26. The monoisotopic (exact) mass is 432 g/mol. The van der Waals surface area contributed by atoms with Crippen LogP contribution >= 0.6 is 0 Å². The Labute approximate surface area is 152 Å². The molecule has 162 valence electrons. The van der Waals surface area contributed by atoms with E-state index in [0.717, 1.165) is 19.2 Å². The molecule has 1 nitrogen and oxygen atoms in total. The van der Waals surface area contributed by atoms with Crippen molar-refractivity contribution < 1.29 is 53.0 Å². The highest BCUT2D eigenvalue weighted by Crippen LogP contribution is 2.58. The zero-order valence-corrected chi connectivity index (χ0v) is 14.4. The maximum absolute atomic E-state index is 13.9. The lowest BCUT2D eigenvalue weighted by atomic mass is 9.92. The summed E-state index contributed by atoms with van der Waals surface area (Å²) in [5.74, 6) is -27.8. The van der Waals surface area contributed by atoms with Crippen LogP contribution in [-0.4, -0.2) is 37.0 Å². The minimum absolute atomic E-state index is 0.180. The standard InChI is InChI=1S/C16H15F11O/c1-3-9-4-6-10(7-5-9)11(28-2)8-12(17,18)13(19,20)14(21,22)15(23,24)16(25,26)27/h4-7,11H,3,8H2,1-2H3. The van der Waals surface area contributed by atoms with E-state index in [9.17, 15) is 48.3 Å². The van der Waals surface area contributed by atoms with E-state index in [2.05, 4.69) is 4.74 Å². The van der Waals surface area contributed by atoms with Crippen LogP contribution in [0.1, 0.15) is 30.6 Å². The Morgan fingerprint density at radius 2 is 1.21 bits per heavy atom. The van der Waals surface area contributed by atoms with Crippen molar-refractivity contribution in [2.75, 3.05) is 7.11 Å². The third-order valence-electron chi connectivity index (χ3n) is 4.09. The van der Waals surface area contributed by atoms with E-state index in [1.807, 2.05) is 0 Å². The molecule has 0 aliphatic rings. The molecule has 1 atom stereocenters. The largest absolute Gasteiger partial charge is 0.460 e. The van der Waals surface area contributed by atoms with Crippen molar-refractivity contribution in [2.24, 2.45) is 0 Å². The lowest BCUT2D eigenvalue weighted by molar-refractivity contribution is -0.423. The quantitative estimate of drug-likeness (QED) is 0.430. The van der Waals surface area contributed by atoms with Gasteiger partial charge in [0.2, 0.25) is 0 Å². The summed E-state index contributed by atoms with van der Waals surface area (Å²) in [5, 5.41) is 0. The average Bonchev–Trinajstić information content (AvgIpc) is 2.58. The molecule has 1 aromatic rings. The summed E-state index contributed by atoms with van der Waals surface area (Å²) in [5.41, 5.74) is 0.521. The summed E-state index contributed by atoms with van der Waals surface area (Å²) in [6.07, 6.45) is -10.9. The summed E-state index contributed by atoms with van der Waals surface area (Å²) in [4.78, 5) is 0. The second kappa shape index (κ2) is 7.68. The molecule has 0 aromatic heterocycles. The minimum Gasteiger partial charge on any atom is -0.377 e. The van der Waals surface area contributed by atoms with Gasteiger partial charge in [-0.15, -0.1) is 0 Å². The maximum atomic E-state index is 13.9. The van der Waals surface area contributed by atoms with E-state index in [1.165, 1.54) is 12.1 Å². The van der Waals surface area contributed by atoms with E-state index in [4.69, 9.17) is 0 Å². The van der Waals surface area contributed by atoms with Crippen LogP contribution in [0.4, 0.5) is 48.3 Å². The average molecular weight is 432 g/mol. The van der Waals surface area contributed by atoms with Gasteiger partial charge in [0, 0.05) is 13.5 Å². The van der Waals surface area contributed by atoms with E-state index in [0.29, 0.717) is 12.0 Å². The van der Waals surface area contributed by atoms with E-state index in [1.54, 1.807) is 6.92 Å². The second-order valence-corrected chi connectivity index (χ2v) is 5.95. The molecule has 0 N–H and O–H groups in total. The van der Waals surface area contributed by atoms with Gasteiger partial charge in [-0.25, -0.2) is 0 Å². The van der Waals surface area contributed by atoms with Crippen LogP contribution in [-0.2, 0) is 11.2 Å². The molecule has 1 unspecified atom stereocenters. The summed E-state index contributed by atoms with van der Waals surface area (Å²) in [6, 6.07) is 5.10. The molecule has 0 saturated carbocycles. The van der Waals surface area contributed by atoms with Gasteiger partial charge in [-0.2, -0.15) is 48.3 Å². The highest BCUT2D eigenvalue weighted by molar-refractivity contribution is 5.25. The minimum atomic E-state index is -7.41. The second-order valence-electron chi connectivity index (χ2n) is 5.95. The number of rotatable bonds is 8. The fourth-order valence-corrected chi connectivity index (χ4v) is 2.27. The van der Waals surface area contributed by atoms with Gasteiger partial charge in [0.25, 0.3) is 0 Å². The lowest BCUT2D eigenvalue weighted by Crippen LogP contribution is -2.66. The highest BCUT2D eigenvalue weighted by Gasteiger charge is 2.87. The highest BCUT2D eigenvalue weighted by atomic mass is 19.4. The molecule has 0 heterocycles. The number of halogens is 11. The molecule has 0 fully saturated rings. The summed E-state index contributed by atoms with van der Waals surface area (Å²) in [6.45, 7) is 1.74. The summed E-state index contributed by atoms with van der Waals surface area (Å²) < 4.78 is 148. The molecule has 0 aliphatic carbocycles. The number of hydrogen-bond acceptors (Lipinski definition) is 1. The zero-order chi connectivity index (χ0) is 22.2. The molecule has 0 spiro atoms. The number of ether oxygens (including phenoxy) is 1. The van der Waals surface area contributed by atoms with Gasteiger partial charge < -0.3 is 4.74 Å². The zero-order valence-electron chi connectivity index (χ0n) is 14.4. The molecule has 12 heteroatoms. The van der Waals surface area contributed by atoms with Gasteiger partial charge in [0.05, 0.1) is 6.10 Å². The molecule has 0 bridgehead atoms. The fourth-order valence-electron chi connectivity index (χ4n) is 2.27. The van der Waals surface area contributed by atoms with Crippen LogP contribution in [0.3, 0.4) is 0 Å². The first-order valence-corrected chi connectivity index (χ1v) is 7.66. The van der Waals surface area contributed by atoms with Gasteiger partial charge in [0.1, 0.15) is 0 Å². The Hall–Kier alpha value is -1.59. The van der Waals surface area contributed by atoms with Crippen LogP contribution in [0.15, 0.2) is 24.3 Å². The molecule has 28 heavy (non-hydrogen) atoms. The van der Waals surface area contributed by atoms with E-state index in [-0.39, 0.29) is 5.56 Å². The molecule has 0 aliphatic heterocycles. The van der Waals surface area contributed by atoms with Crippen LogP contribution in [0.25, 0.3) is 0 Å². The van der Waals surface area contributed by atoms with Gasteiger partial charge >= 0.3 is 29.9 Å². The molecule has 0 saturated heterocycles. The van der Waals surface area contributed by atoms with E-state index >= 15 is 0 Å². The molecular weight excluding hydrogens is 417 g/mol. The van der Waals surface area contributed by atoms with Crippen molar-refractivity contribution in [2.45, 2.75) is 55.7 Å². The topological polar surface area (TPSA) is 9.23 Å². The van der Waals surface area contributed by atoms with Crippen LogP contribution < -0.4 is 0 Å². The maximum Gasteiger partial charge on any atom is 0.460 e. The first-order valence-electron chi connectivity index (χ1n) is 7.66. The summed E-state index contributed by atoms with van der Waals surface area (Å²) in [7, 11) is 0.759. The van der Waals surface area contributed by atoms with Crippen molar-refractivity contribution in [3.05, 3.63) is 35.4 Å². The van der Waals surface area contributed by atoms with E-state index < -0.39 is 42.4 Å². The molecule has 1 rings (SSSR count). The Morgan fingerprint density at radius 3 is 1.57 bits per heavy atom. The van der Waals surface area contributed by atoms with Crippen molar-refractivity contribution in [3.63, 3.8) is 0 Å². The summed E-state index contributed by atoms with van der Waals surface area (Å²) >= 11 is 0. The third-order valence-corrected chi connectivity index (χ3v) is 4.09. The Bertz CT molecular complexity index is 650. The van der Waals surface area contributed by atoms with Crippen molar-refractivity contribution in [1.82, 2.24) is 0 Å².